The number of sulfonamides is 1. The van der Waals surface area contributed by atoms with Crippen LogP contribution in [0.25, 0.3) is 0 Å². The number of amides is 1. The van der Waals surface area contributed by atoms with Crippen LogP contribution in [-0.2, 0) is 20.2 Å². The van der Waals surface area contributed by atoms with Gasteiger partial charge < -0.3 is 10.1 Å². The van der Waals surface area contributed by atoms with Crippen LogP contribution in [0.15, 0.2) is 77.7 Å². The van der Waals surface area contributed by atoms with Gasteiger partial charge >= 0.3 is 0 Å². The van der Waals surface area contributed by atoms with Gasteiger partial charge in [0.15, 0.2) is 0 Å². The molecule has 178 valence electrons. The average molecular weight is 499 g/mol. The van der Waals surface area contributed by atoms with E-state index in [0.717, 1.165) is 24.0 Å². The van der Waals surface area contributed by atoms with Crippen molar-refractivity contribution >= 4 is 33.2 Å². The van der Waals surface area contributed by atoms with Crippen LogP contribution in [0.2, 0.25) is 5.02 Å². The van der Waals surface area contributed by atoms with Gasteiger partial charge in [0.2, 0.25) is 0 Å². The van der Waals surface area contributed by atoms with Gasteiger partial charge in [-0.1, -0.05) is 54.1 Å². The van der Waals surface area contributed by atoms with Gasteiger partial charge in [0, 0.05) is 36.4 Å². The number of hydrogen-bond acceptors (Lipinski definition) is 4. The molecule has 1 amide bonds. The van der Waals surface area contributed by atoms with Gasteiger partial charge in [-0.3, -0.25) is 9.52 Å². The minimum Gasteiger partial charge on any atom is -0.381 e. The van der Waals surface area contributed by atoms with Crippen LogP contribution in [0.1, 0.15) is 34.3 Å². The predicted molar refractivity (Wildman–Crippen MR) is 134 cm³/mol. The molecule has 0 unspecified atom stereocenters. The van der Waals surface area contributed by atoms with Crippen LogP contribution in [0.5, 0.6) is 0 Å². The summed E-state index contributed by atoms with van der Waals surface area (Å²) in [5.41, 5.74) is 2.49. The Morgan fingerprint density at radius 2 is 1.74 bits per heavy atom. The Labute approximate surface area is 205 Å². The van der Waals surface area contributed by atoms with Crippen molar-refractivity contribution in [2.75, 3.05) is 24.5 Å². The lowest BCUT2D eigenvalue weighted by Crippen LogP contribution is -2.44. The minimum atomic E-state index is -3.99. The first-order valence-electron chi connectivity index (χ1n) is 11.1. The number of ether oxygens (including phenoxy) is 1. The average Bonchev–Trinajstić information content (AvgIpc) is 2.83. The van der Waals surface area contributed by atoms with Gasteiger partial charge in [0.25, 0.3) is 15.9 Å². The second-order valence-electron chi connectivity index (χ2n) is 8.56. The van der Waals surface area contributed by atoms with Crippen molar-refractivity contribution in [2.24, 2.45) is 0 Å². The molecule has 0 aromatic heterocycles. The van der Waals surface area contributed by atoms with E-state index in [0.29, 0.717) is 25.4 Å². The smallest absolute Gasteiger partial charge is 0.263 e. The molecule has 8 heteroatoms. The summed E-state index contributed by atoms with van der Waals surface area (Å²) in [6.07, 6.45) is 1.58. The summed E-state index contributed by atoms with van der Waals surface area (Å²) in [5.74, 6) is -0.356. The highest BCUT2D eigenvalue weighted by molar-refractivity contribution is 7.92. The largest absolute Gasteiger partial charge is 0.381 e. The summed E-state index contributed by atoms with van der Waals surface area (Å²) in [7, 11) is -3.99. The van der Waals surface area contributed by atoms with E-state index in [2.05, 4.69) is 22.2 Å². The molecule has 2 N–H and O–H groups in total. The van der Waals surface area contributed by atoms with Crippen LogP contribution in [0.3, 0.4) is 0 Å². The molecular weight excluding hydrogens is 472 g/mol. The third kappa shape index (κ3) is 5.43. The highest BCUT2D eigenvalue weighted by atomic mass is 35.5. The third-order valence-electron chi connectivity index (χ3n) is 6.18. The van der Waals surface area contributed by atoms with E-state index in [-0.39, 0.29) is 26.8 Å². The molecular formula is C26H27ClN2O4S. The van der Waals surface area contributed by atoms with Crippen LogP contribution in [0.4, 0.5) is 5.69 Å². The number of hydrogen-bond donors (Lipinski definition) is 2. The first-order chi connectivity index (χ1) is 16.3. The fourth-order valence-electron chi connectivity index (χ4n) is 4.24. The van der Waals surface area contributed by atoms with Crippen molar-refractivity contribution in [2.45, 2.75) is 30.1 Å². The molecule has 3 aromatic rings. The third-order valence-corrected chi connectivity index (χ3v) is 8.04. The number of rotatable bonds is 7. The van der Waals surface area contributed by atoms with E-state index in [4.69, 9.17) is 16.3 Å². The summed E-state index contributed by atoms with van der Waals surface area (Å²) < 4.78 is 34.1. The minimum absolute atomic E-state index is 0.0434. The topological polar surface area (TPSA) is 84.5 Å². The molecule has 3 aromatic carbocycles. The molecule has 0 bridgehead atoms. The standard InChI is InChI=1S/C26H27ClN2O4S/c1-19-6-5-9-22(16-19)29-34(31,32)24-17-20(10-11-23(24)27)25(30)28-18-26(12-14-33-15-13-26)21-7-3-2-4-8-21/h2-11,16-17,29H,12-15,18H2,1H3,(H,28,30). The van der Waals surface area contributed by atoms with Crippen LogP contribution >= 0.6 is 11.6 Å². The molecule has 1 saturated heterocycles. The predicted octanol–water partition coefficient (Wildman–Crippen LogP) is 4.93. The monoisotopic (exact) mass is 498 g/mol. The maximum atomic E-state index is 13.1. The molecule has 1 aliphatic rings. The van der Waals surface area contributed by atoms with Gasteiger partial charge in [-0.2, -0.15) is 0 Å². The molecule has 0 radical (unpaired) electrons. The number of carbonyl (C=O) groups is 1. The maximum absolute atomic E-state index is 13.1. The van der Waals surface area contributed by atoms with Gasteiger partial charge in [0.05, 0.1) is 5.02 Å². The van der Waals surface area contributed by atoms with Crippen LogP contribution < -0.4 is 10.0 Å². The van der Waals surface area contributed by atoms with Crippen molar-refractivity contribution in [1.82, 2.24) is 5.32 Å². The molecule has 4 rings (SSSR count). The number of nitrogens with one attached hydrogen (secondary N) is 2. The highest BCUT2D eigenvalue weighted by Crippen LogP contribution is 2.34. The Morgan fingerprint density at radius 3 is 2.44 bits per heavy atom. The molecule has 0 aliphatic carbocycles. The van der Waals surface area contributed by atoms with Crippen molar-refractivity contribution < 1.29 is 17.9 Å². The van der Waals surface area contributed by atoms with E-state index >= 15 is 0 Å². The number of aryl methyl sites for hydroxylation is 1. The Morgan fingerprint density at radius 1 is 1.00 bits per heavy atom. The van der Waals surface area contributed by atoms with Gasteiger partial charge in [-0.25, -0.2) is 8.42 Å². The lowest BCUT2D eigenvalue weighted by Gasteiger charge is -2.38. The number of anilines is 1. The summed E-state index contributed by atoms with van der Waals surface area (Å²) in [4.78, 5) is 12.9. The molecule has 6 nitrogen and oxygen atoms in total. The van der Waals surface area contributed by atoms with Crippen molar-refractivity contribution in [1.29, 1.82) is 0 Å². The molecule has 1 aliphatic heterocycles. The summed E-state index contributed by atoms with van der Waals surface area (Å²) in [6, 6.07) is 21.4. The normalized spacial score (nSPS) is 15.5. The zero-order chi connectivity index (χ0) is 24.2. The lowest BCUT2D eigenvalue weighted by molar-refractivity contribution is 0.0487. The summed E-state index contributed by atoms with van der Waals surface area (Å²) in [5, 5.41) is 3.05. The van der Waals surface area contributed by atoms with Crippen molar-refractivity contribution in [3.63, 3.8) is 0 Å². The number of carbonyl (C=O) groups excluding carboxylic acids is 1. The first-order valence-corrected chi connectivity index (χ1v) is 13.0. The Bertz CT molecular complexity index is 1270. The Kier molecular flexibility index (Phi) is 7.26. The second-order valence-corrected chi connectivity index (χ2v) is 10.6. The SMILES string of the molecule is Cc1cccc(NS(=O)(=O)c2cc(C(=O)NCC3(c4ccccc4)CCOCC3)ccc2Cl)c1. The van der Waals surface area contributed by atoms with Gasteiger partial charge in [-0.15, -0.1) is 0 Å². The van der Waals surface area contributed by atoms with Crippen LogP contribution in [0, 0.1) is 6.92 Å². The quantitative estimate of drug-likeness (QED) is 0.484. The second kappa shape index (κ2) is 10.2. The fourth-order valence-corrected chi connectivity index (χ4v) is 5.82. The molecule has 34 heavy (non-hydrogen) atoms. The zero-order valence-corrected chi connectivity index (χ0v) is 20.5. The fraction of sp³-hybridized carbons (Fsp3) is 0.269. The summed E-state index contributed by atoms with van der Waals surface area (Å²) >= 11 is 6.22. The van der Waals surface area contributed by atoms with Crippen molar-refractivity contribution in [3.05, 3.63) is 94.5 Å². The Hall–Kier alpha value is -2.87. The van der Waals surface area contributed by atoms with Gasteiger partial charge in [0.1, 0.15) is 4.90 Å². The van der Waals surface area contributed by atoms with Crippen LogP contribution in [-0.4, -0.2) is 34.1 Å². The molecule has 0 spiro atoms. The van der Waals surface area contributed by atoms with E-state index in [1.54, 1.807) is 18.2 Å². The number of benzene rings is 3. The molecule has 1 fully saturated rings. The lowest BCUT2D eigenvalue weighted by atomic mass is 9.74. The Balaban J connectivity index is 1.54. The van der Waals surface area contributed by atoms with E-state index in [1.165, 1.54) is 18.2 Å². The number of halogens is 1. The van der Waals surface area contributed by atoms with E-state index < -0.39 is 10.0 Å². The van der Waals surface area contributed by atoms with E-state index in [9.17, 15) is 13.2 Å². The molecule has 0 saturated carbocycles. The molecule has 0 atom stereocenters. The van der Waals surface area contributed by atoms with Gasteiger partial charge in [-0.05, 0) is 61.2 Å². The summed E-state index contributed by atoms with van der Waals surface area (Å²) in [6.45, 7) is 3.54. The first kappa shape index (κ1) is 24.3. The maximum Gasteiger partial charge on any atom is 0.263 e. The molecule has 1 heterocycles. The highest BCUT2D eigenvalue weighted by Gasteiger charge is 2.35. The zero-order valence-electron chi connectivity index (χ0n) is 18.9. The van der Waals surface area contributed by atoms with E-state index in [1.807, 2.05) is 31.2 Å². The van der Waals surface area contributed by atoms with Crippen molar-refractivity contribution in [3.8, 4) is 0 Å².